The predicted molar refractivity (Wildman–Crippen MR) is 69.8 cm³/mol. The standard InChI is InChI=1S/C14H27NO2/c1-10(2)14(7-8-14)9-15-11(3)12(16)17-13(4,5)6/h10-11,15H,7-9H2,1-6H3. The molecular weight excluding hydrogens is 214 g/mol. The molecule has 0 bridgehead atoms. The van der Waals surface area contributed by atoms with Gasteiger partial charge in [0.2, 0.25) is 0 Å². The van der Waals surface area contributed by atoms with Crippen molar-refractivity contribution in [2.45, 2.75) is 66.0 Å². The van der Waals surface area contributed by atoms with E-state index in [4.69, 9.17) is 4.74 Å². The highest BCUT2D eigenvalue weighted by atomic mass is 16.6. The fourth-order valence-electron chi connectivity index (χ4n) is 1.95. The van der Waals surface area contributed by atoms with E-state index >= 15 is 0 Å². The van der Waals surface area contributed by atoms with Gasteiger partial charge in [0.1, 0.15) is 11.6 Å². The molecule has 0 saturated heterocycles. The van der Waals surface area contributed by atoms with E-state index in [0.717, 1.165) is 6.54 Å². The molecule has 1 saturated carbocycles. The van der Waals surface area contributed by atoms with Crippen molar-refractivity contribution in [2.24, 2.45) is 11.3 Å². The summed E-state index contributed by atoms with van der Waals surface area (Å²) in [6.45, 7) is 13.0. The van der Waals surface area contributed by atoms with Crippen LogP contribution in [0.15, 0.2) is 0 Å². The minimum atomic E-state index is -0.400. The molecule has 0 aromatic carbocycles. The quantitative estimate of drug-likeness (QED) is 0.752. The molecule has 1 unspecified atom stereocenters. The summed E-state index contributed by atoms with van der Waals surface area (Å²) in [6.07, 6.45) is 2.55. The second-order valence-corrected chi connectivity index (χ2v) is 6.65. The molecule has 1 aliphatic carbocycles. The minimum Gasteiger partial charge on any atom is -0.459 e. The fourth-order valence-corrected chi connectivity index (χ4v) is 1.95. The van der Waals surface area contributed by atoms with Crippen LogP contribution in [0.5, 0.6) is 0 Å². The van der Waals surface area contributed by atoms with Gasteiger partial charge in [-0.15, -0.1) is 0 Å². The summed E-state index contributed by atoms with van der Waals surface area (Å²) in [5.74, 6) is 0.526. The van der Waals surface area contributed by atoms with E-state index in [-0.39, 0.29) is 12.0 Å². The lowest BCUT2D eigenvalue weighted by Gasteiger charge is -2.25. The summed E-state index contributed by atoms with van der Waals surface area (Å²) in [7, 11) is 0. The van der Waals surface area contributed by atoms with Crippen molar-refractivity contribution in [1.82, 2.24) is 5.32 Å². The molecule has 3 nitrogen and oxygen atoms in total. The van der Waals surface area contributed by atoms with E-state index in [1.165, 1.54) is 12.8 Å². The average Bonchev–Trinajstić information content (AvgIpc) is 2.92. The normalized spacial score (nSPS) is 20.2. The maximum absolute atomic E-state index is 11.8. The molecule has 100 valence electrons. The van der Waals surface area contributed by atoms with E-state index in [1.807, 2.05) is 27.7 Å². The third-order valence-corrected chi connectivity index (χ3v) is 3.64. The molecule has 0 heterocycles. The SMILES string of the molecule is CC(NCC1(C(C)C)CC1)C(=O)OC(C)(C)C. The van der Waals surface area contributed by atoms with Gasteiger partial charge in [0.25, 0.3) is 0 Å². The van der Waals surface area contributed by atoms with Gasteiger partial charge in [-0.3, -0.25) is 4.79 Å². The number of rotatable bonds is 5. The highest BCUT2D eigenvalue weighted by Gasteiger charge is 2.45. The summed E-state index contributed by atoms with van der Waals surface area (Å²) < 4.78 is 5.34. The van der Waals surface area contributed by atoms with Crippen molar-refractivity contribution in [3.8, 4) is 0 Å². The van der Waals surface area contributed by atoms with Crippen LogP contribution in [0, 0.1) is 11.3 Å². The molecule has 0 aliphatic heterocycles. The zero-order valence-corrected chi connectivity index (χ0v) is 12.1. The molecule has 0 spiro atoms. The van der Waals surface area contributed by atoms with Crippen molar-refractivity contribution < 1.29 is 9.53 Å². The predicted octanol–water partition coefficient (Wildman–Crippen LogP) is 2.74. The number of carbonyl (C=O) groups is 1. The lowest BCUT2D eigenvalue weighted by Crippen LogP contribution is -2.42. The van der Waals surface area contributed by atoms with Crippen LogP contribution in [0.3, 0.4) is 0 Å². The number of nitrogens with one attached hydrogen (secondary N) is 1. The maximum atomic E-state index is 11.8. The van der Waals surface area contributed by atoms with Crippen molar-refractivity contribution in [1.29, 1.82) is 0 Å². The molecule has 0 amide bonds. The molecular formula is C14H27NO2. The second kappa shape index (κ2) is 4.97. The monoisotopic (exact) mass is 241 g/mol. The highest BCUT2D eigenvalue weighted by Crippen LogP contribution is 2.51. The van der Waals surface area contributed by atoms with Crippen LogP contribution in [-0.4, -0.2) is 24.2 Å². The molecule has 0 aromatic heterocycles. The average molecular weight is 241 g/mol. The first-order chi connectivity index (χ1) is 7.66. The molecule has 1 N–H and O–H groups in total. The zero-order chi connectivity index (χ0) is 13.3. The number of carbonyl (C=O) groups excluding carboxylic acids is 1. The first-order valence-electron chi connectivity index (χ1n) is 6.62. The third kappa shape index (κ3) is 4.30. The first kappa shape index (κ1) is 14.5. The Hall–Kier alpha value is -0.570. The van der Waals surface area contributed by atoms with Crippen LogP contribution in [-0.2, 0) is 9.53 Å². The Morgan fingerprint density at radius 3 is 2.18 bits per heavy atom. The smallest absolute Gasteiger partial charge is 0.323 e. The fraction of sp³-hybridized carbons (Fsp3) is 0.929. The van der Waals surface area contributed by atoms with Crippen LogP contribution in [0.4, 0.5) is 0 Å². The van der Waals surface area contributed by atoms with Crippen molar-refractivity contribution in [2.75, 3.05) is 6.54 Å². The van der Waals surface area contributed by atoms with Gasteiger partial charge in [-0.2, -0.15) is 0 Å². The lowest BCUT2D eigenvalue weighted by molar-refractivity contribution is -0.157. The Bertz CT molecular complexity index is 274. The van der Waals surface area contributed by atoms with Gasteiger partial charge in [0.05, 0.1) is 0 Å². The summed E-state index contributed by atoms with van der Waals surface area (Å²) in [5.41, 5.74) is 0.0264. The van der Waals surface area contributed by atoms with Crippen LogP contribution < -0.4 is 5.32 Å². The number of ether oxygens (including phenoxy) is 1. The van der Waals surface area contributed by atoms with Crippen LogP contribution in [0.1, 0.15) is 54.4 Å². The maximum Gasteiger partial charge on any atom is 0.323 e. The van der Waals surface area contributed by atoms with Gasteiger partial charge in [-0.25, -0.2) is 0 Å². The molecule has 17 heavy (non-hydrogen) atoms. The Morgan fingerprint density at radius 1 is 1.29 bits per heavy atom. The molecule has 1 aliphatic rings. The highest BCUT2D eigenvalue weighted by molar-refractivity contribution is 5.75. The Kier molecular flexibility index (Phi) is 4.23. The molecule has 0 radical (unpaired) electrons. The van der Waals surface area contributed by atoms with Crippen molar-refractivity contribution in [3.63, 3.8) is 0 Å². The van der Waals surface area contributed by atoms with E-state index in [9.17, 15) is 4.79 Å². The third-order valence-electron chi connectivity index (χ3n) is 3.64. The summed E-state index contributed by atoms with van der Waals surface area (Å²) in [6, 6.07) is -0.217. The van der Waals surface area contributed by atoms with Crippen molar-refractivity contribution in [3.05, 3.63) is 0 Å². The van der Waals surface area contributed by atoms with E-state index < -0.39 is 5.60 Å². The largest absolute Gasteiger partial charge is 0.459 e. The number of hydrogen-bond donors (Lipinski definition) is 1. The topological polar surface area (TPSA) is 38.3 Å². The van der Waals surface area contributed by atoms with E-state index in [2.05, 4.69) is 19.2 Å². The van der Waals surface area contributed by atoms with Crippen LogP contribution in [0.2, 0.25) is 0 Å². The van der Waals surface area contributed by atoms with Gasteiger partial charge < -0.3 is 10.1 Å². The molecule has 1 atom stereocenters. The van der Waals surface area contributed by atoms with E-state index in [1.54, 1.807) is 0 Å². The summed E-state index contributed by atoms with van der Waals surface area (Å²) in [4.78, 5) is 11.8. The van der Waals surface area contributed by atoms with Gasteiger partial charge in [0, 0.05) is 6.54 Å². The van der Waals surface area contributed by atoms with Gasteiger partial charge >= 0.3 is 5.97 Å². The van der Waals surface area contributed by atoms with Crippen LogP contribution in [0.25, 0.3) is 0 Å². The number of esters is 1. The molecule has 1 rings (SSSR count). The number of hydrogen-bond acceptors (Lipinski definition) is 3. The zero-order valence-electron chi connectivity index (χ0n) is 12.1. The minimum absolute atomic E-state index is 0.156. The Balaban J connectivity index is 2.35. The van der Waals surface area contributed by atoms with Gasteiger partial charge in [-0.05, 0) is 51.9 Å². The van der Waals surface area contributed by atoms with Crippen molar-refractivity contribution >= 4 is 5.97 Å². The molecule has 0 aromatic rings. The van der Waals surface area contributed by atoms with E-state index in [0.29, 0.717) is 11.3 Å². The summed E-state index contributed by atoms with van der Waals surface area (Å²) >= 11 is 0. The second-order valence-electron chi connectivity index (χ2n) is 6.65. The van der Waals surface area contributed by atoms with Crippen LogP contribution >= 0.6 is 0 Å². The van der Waals surface area contributed by atoms with Gasteiger partial charge in [0.15, 0.2) is 0 Å². The first-order valence-corrected chi connectivity index (χ1v) is 6.62. The Labute approximate surface area is 105 Å². The lowest BCUT2D eigenvalue weighted by atomic mass is 9.92. The Morgan fingerprint density at radius 2 is 1.82 bits per heavy atom. The molecule has 1 fully saturated rings. The molecule has 3 heteroatoms. The van der Waals surface area contributed by atoms with Gasteiger partial charge in [-0.1, -0.05) is 13.8 Å². The summed E-state index contributed by atoms with van der Waals surface area (Å²) in [5, 5.41) is 3.31.